The van der Waals surface area contributed by atoms with Crippen LogP contribution in [0, 0.1) is 17.8 Å². The molecule has 2 aliphatic heterocycles. The van der Waals surface area contributed by atoms with Crippen molar-refractivity contribution in [2.45, 2.75) is 44.2 Å². The van der Waals surface area contributed by atoms with Crippen molar-refractivity contribution in [3.8, 4) is 11.1 Å². The number of carbonyl (C=O) groups excluding carboxylic acids is 4. The predicted molar refractivity (Wildman–Crippen MR) is 132 cm³/mol. The minimum absolute atomic E-state index is 0.0252. The summed E-state index contributed by atoms with van der Waals surface area (Å²) in [4.78, 5) is 56.4. The van der Waals surface area contributed by atoms with E-state index in [1.165, 1.54) is 0 Å². The van der Waals surface area contributed by atoms with Gasteiger partial charge in [0.2, 0.25) is 11.8 Å². The number of nitrogens with one attached hydrogen (secondary N) is 3. The van der Waals surface area contributed by atoms with Crippen LogP contribution in [-0.2, 0) is 14.4 Å². The Morgan fingerprint density at radius 3 is 2.64 bits per heavy atom. The number of aromatic amines is 1. The van der Waals surface area contributed by atoms with E-state index in [2.05, 4.69) is 15.6 Å². The lowest BCUT2D eigenvalue weighted by molar-refractivity contribution is -0.133. The molecule has 36 heavy (non-hydrogen) atoms. The number of nitrogens with zero attached hydrogens (tertiary/aromatic N) is 1. The van der Waals surface area contributed by atoms with Gasteiger partial charge < -0.3 is 25.6 Å². The Morgan fingerprint density at radius 2 is 1.92 bits per heavy atom. The highest BCUT2D eigenvalue weighted by molar-refractivity contribution is 5.99. The predicted octanol–water partition coefficient (Wildman–Crippen LogP) is 1.49. The molecular weight excluding hydrogens is 460 g/mol. The topological polar surface area (TPSA) is 132 Å². The Morgan fingerprint density at radius 1 is 1.11 bits per heavy atom. The quantitative estimate of drug-likeness (QED) is 0.443. The van der Waals surface area contributed by atoms with Crippen molar-refractivity contribution < 1.29 is 24.3 Å². The Hall–Kier alpha value is -3.46. The molecule has 2 aromatic rings. The number of carbonyl (C=O) groups is 4. The number of H-pyrrole nitrogens is 1. The summed E-state index contributed by atoms with van der Waals surface area (Å²) in [5.41, 5.74) is 2.29. The maximum atomic E-state index is 13.6. The number of hydrogen-bond acceptors (Lipinski definition) is 5. The van der Waals surface area contributed by atoms with Crippen molar-refractivity contribution in [3.05, 3.63) is 48.3 Å². The molecule has 2 saturated heterocycles. The molecule has 1 aliphatic carbocycles. The molecule has 5 rings (SSSR count). The summed E-state index contributed by atoms with van der Waals surface area (Å²) in [6.45, 7) is 0.307. The molecule has 5 atom stereocenters. The van der Waals surface area contributed by atoms with Crippen molar-refractivity contribution in [3.63, 3.8) is 0 Å². The highest BCUT2D eigenvalue weighted by Gasteiger charge is 2.50. The minimum Gasteiger partial charge on any atom is -0.389 e. The van der Waals surface area contributed by atoms with Crippen LogP contribution in [0.5, 0.6) is 0 Å². The Kier molecular flexibility index (Phi) is 6.91. The van der Waals surface area contributed by atoms with E-state index < -0.39 is 30.4 Å². The number of aliphatic hydroxyl groups is 1. The normalized spacial score (nSPS) is 25.9. The van der Waals surface area contributed by atoms with Gasteiger partial charge >= 0.3 is 0 Å². The first kappa shape index (κ1) is 24.2. The van der Waals surface area contributed by atoms with Crippen molar-refractivity contribution >= 4 is 23.5 Å². The summed E-state index contributed by atoms with van der Waals surface area (Å²) in [5, 5.41) is 15.0. The van der Waals surface area contributed by atoms with Crippen LogP contribution >= 0.6 is 0 Å². The van der Waals surface area contributed by atoms with E-state index >= 15 is 0 Å². The zero-order valence-electron chi connectivity index (χ0n) is 20.1. The van der Waals surface area contributed by atoms with Gasteiger partial charge in [0, 0.05) is 25.2 Å². The second-order valence-electron chi connectivity index (χ2n) is 10.1. The molecular formula is C27H32N4O5. The summed E-state index contributed by atoms with van der Waals surface area (Å²) in [5.74, 6) is -1.43. The van der Waals surface area contributed by atoms with E-state index in [-0.39, 0.29) is 36.0 Å². The minimum atomic E-state index is -0.969. The summed E-state index contributed by atoms with van der Waals surface area (Å²) in [6, 6.07) is 9.88. The van der Waals surface area contributed by atoms with Crippen LogP contribution in [0.1, 0.15) is 42.6 Å². The Balaban J connectivity index is 1.35. The summed E-state index contributed by atoms with van der Waals surface area (Å²) in [6.07, 6.45) is 5.32. The van der Waals surface area contributed by atoms with E-state index in [0.29, 0.717) is 25.2 Å². The molecule has 1 aromatic carbocycles. The summed E-state index contributed by atoms with van der Waals surface area (Å²) < 4.78 is 0. The number of aliphatic hydroxyl groups excluding tert-OH is 1. The van der Waals surface area contributed by atoms with Crippen LogP contribution in [0.25, 0.3) is 11.1 Å². The Labute approximate surface area is 209 Å². The van der Waals surface area contributed by atoms with Crippen LogP contribution in [-0.4, -0.2) is 70.3 Å². The number of Topliss-reactive ketones (excluding diaryl/α,β-unsaturated/α-hetero) is 1. The highest BCUT2D eigenvalue weighted by Crippen LogP contribution is 2.43. The molecule has 9 heteroatoms. The fraction of sp³-hybridized carbons (Fsp3) is 0.481. The molecule has 4 N–H and O–H groups in total. The van der Waals surface area contributed by atoms with Gasteiger partial charge in [-0.1, -0.05) is 36.8 Å². The number of hydrogen-bond donors (Lipinski definition) is 4. The SMILES string of the molecule is O=C1NCC[C@H]1C[C@H](NC(=O)[C@@H]1[C@H]2CCC[C@H]2CN1C(=O)c1cc(-c2ccccc2)c[nH]1)C(=O)CO. The smallest absolute Gasteiger partial charge is 0.270 e. The average molecular weight is 493 g/mol. The molecule has 3 amide bonds. The molecule has 190 valence electrons. The lowest BCUT2D eigenvalue weighted by atomic mass is 9.92. The van der Waals surface area contributed by atoms with E-state index in [1.807, 2.05) is 30.3 Å². The van der Waals surface area contributed by atoms with Crippen molar-refractivity contribution in [2.24, 2.45) is 17.8 Å². The van der Waals surface area contributed by atoms with Gasteiger partial charge in [0.05, 0.1) is 6.04 Å². The number of rotatable bonds is 8. The third-order valence-corrected chi connectivity index (χ3v) is 7.98. The van der Waals surface area contributed by atoms with Gasteiger partial charge in [0.1, 0.15) is 18.3 Å². The molecule has 0 unspecified atom stereocenters. The summed E-state index contributed by atoms with van der Waals surface area (Å²) in [7, 11) is 0. The van der Waals surface area contributed by atoms with Crippen LogP contribution in [0.3, 0.4) is 0 Å². The van der Waals surface area contributed by atoms with Crippen molar-refractivity contribution in [1.82, 2.24) is 20.5 Å². The third kappa shape index (κ3) is 4.67. The first-order chi connectivity index (χ1) is 17.5. The van der Waals surface area contributed by atoms with Crippen LogP contribution in [0.4, 0.5) is 0 Å². The van der Waals surface area contributed by atoms with Gasteiger partial charge in [-0.15, -0.1) is 0 Å². The van der Waals surface area contributed by atoms with Gasteiger partial charge in [0.15, 0.2) is 5.78 Å². The molecule has 1 aromatic heterocycles. The largest absolute Gasteiger partial charge is 0.389 e. The van der Waals surface area contributed by atoms with E-state index in [1.54, 1.807) is 17.2 Å². The molecule has 0 bridgehead atoms. The summed E-state index contributed by atoms with van der Waals surface area (Å²) >= 11 is 0. The van der Waals surface area contributed by atoms with E-state index in [0.717, 1.165) is 30.4 Å². The second kappa shape index (κ2) is 10.3. The van der Waals surface area contributed by atoms with Crippen LogP contribution in [0.15, 0.2) is 42.6 Å². The maximum absolute atomic E-state index is 13.6. The first-order valence-corrected chi connectivity index (χ1v) is 12.7. The van der Waals surface area contributed by atoms with E-state index in [4.69, 9.17) is 0 Å². The molecule has 0 radical (unpaired) electrons. The maximum Gasteiger partial charge on any atom is 0.270 e. The number of aromatic nitrogens is 1. The second-order valence-corrected chi connectivity index (χ2v) is 10.1. The Bertz CT molecular complexity index is 1150. The fourth-order valence-corrected chi connectivity index (χ4v) is 6.11. The van der Waals surface area contributed by atoms with Crippen LogP contribution in [0.2, 0.25) is 0 Å². The average Bonchev–Trinajstić information content (AvgIpc) is 3.68. The fourth-order valence-electron chi connectivity index (χ4n) is 6.11. The van der Waals surface area contributed by atoms with Gasteiger partial charge in [0.25, 0.3) is 5.91 Å². The third-order valence-electron chi connectivity index (χ3n) is 7.98. The number of benzene rings is 1. The number of likely N-dealkylation sites (tertiary alicyclic amines) is 1. The van der Waals surface area contributed by atoms with Gasteiger partial charge in [-0.2, -0.15) is 0 Å². The van der Waals surface area contributed by atoms with Crippen LogP contribution < -0.4 is 10.6 Å². The number of fused-ring (bicyclic) bond motifs is 1. The number of ketones is 1. The molecule has 1 saturated carbocycles. The molecule has 3 aliphatic rings. The lowest BCUT2D eigenvalue weighted by Gasteiger charge is -2.29. The van der Waals surface area contributed by atoms with Gasteiger partial charge in [-0.3, -0.25) is 19.2 Å². The number of amides is 3. The standard InChI is InChI=1S/C27H32N4O5/c32-15-23(33)21(11-17-9-10-28-25(17)34)30-26(35)24-20-8-4-7-18(20)14-31(24)27(36)22-12-19(13-29-22)16-5-2-1-3-6-16/h1-3,5-6,12-13,17-18,20-21,24,29,32H,4,7-11,14-15H2,(H,28,34)(H,30,35)/t17-,18-,20-,21-,24-/m0/s1. The van der Waals surface area contributed by atoms with Gasteiger partial charge in [-0.05, 0) is 54.7 Å². The molecule has 9 nitrogen and oxygen atoms in total. The molecule has 0 spiro atoms. The highest BCUT2D eigenvalue weighted by atomic mass is 16.3. The molecule has 3 heterocycles. The van der Waals surface area contributed by atoms with Crippen molar-refractivity contribution in [2.75, 3.05) is 19.7 Å². The van der Waals surface area contributed by atoms with Gasteiger partial charge in [-0.25, -0.2) is 0 Å². The van der Waals surface area contributed by atoms with Crippen molar-refractivity contribution in [1.29, 1.82) is 0 Å². The zero-order valence-corrected chi connectivity index (χ0v) is 20.1. The zero-order chi connectivity index (χ0) is 25.2. The lowest BCUT2D eigenvalue weighted by Crippen LogP contribution is -2.53. The van der Waals surface area contributed by atoms with E-state index in [9.17, 15) is 24.3 Å². The monoisotopic (exact) mass is 492 g/mol. The molecule has 3 fully saturated rings. The first-order valence-electron chi connectivity index (χ1n) is 12.7.